The summed E-state index contributed by atoms with van der Waals surface area (Å²) in [7, 11) is 0. The first-order chi connectivity index (χ1) is 10.1. The van der Waals surface area contributed by atoms with E-state index < -0.39 is 0 Å². The van der Waals surface area contributed by atoms with Crippen molar-refractivity contribution in [2.75, 3.05) is 0 Å². The van der Waals surface area contributed by atoms with E-state index in [1.165, 1.54) is 22.8 Å². The summed E-state index contributed by atoms with van der Waals surface area (Å²) >= 11 is 5.77. The van der Waals surface area contributed by atoms with Gasteiger partial charge in [0.05, 0.1) is 6.20 Å². The Morgan fingerprint density at radius 2 is 2.19 bits per heavy atom. The Kier molecular flexibility index (Phi) is 3.53. The smallest absolute Gasteiger partial charge is 0.271 e. The van der Waals surface area contributed by atoms with Crippen molar-refractivity contribution in [2.24, 2.45) is 0 Å². The number of fused-ring (bicyclic) bond motifs is 1. The van der Waals surface area contributed by atoms with E-state index in [4.69, 9.17) is 11.6 Å². The van der Waals surface area contributed by atoms with Gasteiger partial charge in [0, 0.05) is 6.54 Å². The average molecular weight is 305 g/mol. The summed E-state index contributed by atoms with van der Waals surface area (Å²) in [6.45, 7) is 0.221. The molecule has 0 fully saturated rings. The highest BCUT2D eigenvalue weighted by Gasteiger charge is 2.11. The Hall–Kier alpha value is -2.47. The Bertz CT molecular complexity index is 818. The molecule has 2 heterocycles. The van der Waals surface area contributed by atoms with Gasteiger partial charge in [-0.25, -0.2) is 13.9 Å². The molecule has 0 aliphatic heterocycles. The van der Waals surface area contributed by atoms with E-state index in [1.807, 2.05) is 0 Å². The molecular weight excluding hydrogens is 295 g/mol. The second-order valence-electron chi connectivity index (χ2n) is 4.40. The molecule has 1 N–H and O–H groups in total. The Labute approximate surface area is 124 Å². The maximum absolute atomic E-state index is 13.0. The molecule has 0 atom stereocenters. The van der Waals surface area contributed by atoms with Gasteiger partial charge in [-0.2, -0.15) is 5.10 Å². The van der Waals surface area contributed by atoms with E-state index in [0.29, 0.717) is 16.4 Å². The third-order valence-corrected chi connectivity index (χ3v) is 3.06. The SMILES string of the molecule is O=C(NCc1cccc(F)c1)c1cn2nc(Cl)ccc2n1. The van der Waals surface area contributed by atoms with Crippen LogP contribution in [0.4, 0.5) is 4.39 Å². The van der Waals surface area contributed by atoms with Gasteiger partial charge < -0.3 is 5.32 Å². The van der Waals surface area contributed by atoms with Crippen molar-refractivity contribution in [1.29, 1.82) is 0 Å². The van der Waals surface area contributed by atoms with E-state index in [0.717, 1.165) is 0 Å². The van der Waals surface area contributed by atoms with Crippen LogP contribution in [0, 0.1) is 5.82 Å². The standard InChI is InChI=1S/C14H10ClFN4O/c15-12-4-5-13-18-11(8-20(13)19-12)14(21)17-7-9-2-1-3-10(16)6-9/h1-6,8H,7H2,(H,17,21). The zero-order chi connectivity index (χ0) is 14.8. The fraction of sp³-hybridized carbons (Fsp3) is 0.0714. The second-order valence-corrected chi connectivity index (χ2v) is 4.78. The highest BCUT2D eigenvalue weighted by molar-refractivity contribution is 6.29. The van der Waals surface area contributed by atoms with E-state index >= 15 is 0 Å². The minimum atomic E-state index is -0.360. The van der Waals surface area contributed by atoms with Crippen molar-refractivity contribution < 1.29 is 9.18 Å². The van der Waals surface area contributed by atoms with Crippen LogP contribution >= 0.6 is 11.6 Å². The Morgan fingerprint density at radius 1 is 1.33 bits per heavy atom. The first-order valence-corrected chi connectivity index (χ1v) is 6.54. The van der Waals surface area contributed by atoms with Crippen LogP contribution in [-0.4, -0.2) is 20.5 Å². The molecule has 1 amide bonds. The summed E-state index contributed by atoms with van der Waals surface area (Å²) in [4.78, 5) is 16.2. The predicted octanol–water partition coefficient (Wildman–Crippen LogP) is 2.45. The van der Waals surface area contributed by atoms with Crippen LogP contribution in [0.15, 0.2) is 42.6 Å². The van der Waals surface area contributed by atoms with Gasteiger partial charge in [-0.05, 0) is 29.8 Å². The lowest BCUT2D eigenvalue weighted by molar-refractivity contribution is 0.0946. The largest absolute Gasteiger partial charge is 0.347 e. The fourth-order valence-corrected chi connectivity index (χ4v) is 2.03. The Balaban J connectivity index is 1.74. The van der Waals surface area contributed by atoms with E-state index in [-0.39, 0.29) is 24.0 Å². The van der Waals surface area contributed by atoms with Gasteiger partial charge in [-0.15, -0.1) is 0 Å². The highest BCUT2D eigenvalue weighted by Crippen LogP contribution is 2.08. The monoisotopic (exact) mass is 304 g/mol. The lowest BCUT2D eigenvalue weighted by Crippen LogP contribution is -2.23. The summed E-state index contributed by atoms with van der Waals surface area (Å²) in [6, 6.07) is 9.30. The number of carbonyl (C=O) groups is 1. The van der Waals surface area contributed by atoms with E-state index in [9.17, 15) is 9.18 Å². The van der Waals surface area contributed by atoms with Gasteiger partial charge in [-0.3, -0.25) is 4.79 Å². The predicted molar refractivity (Wildman–Crippen MR) is 75.6 cm³/mol. The number of carbonyl (C=O) groups excluding carboxylic acids is 1. The first-order valence-electron chi connectivity index (χ1n) is 6.16. The second kappa shape index (κ2) is 5.49. The van der Waals surface area contributed by atoms with Crippen molar-refractivity contribution in [1.82, 2.24) is 19.9 Å². The molecule has 106 valence electrons. The van der Waals surface area contributed by atoms with Gasteiger partial charge in [-0.1, -0.05) is 23.7 Å². The van der Waals surface area contributed by atoms with Crippen LogP contribution in [0.3, 0.4) is 0 Å². The van der Waals surface area contributed by atoms with Gasteiger partial charge in [0.15, 0.2) is 5.65 Å². The number of nitrogens with zero attached hydrogens (tertiary/aromatic N) is 3. The van der Waals surface area contributed by atoms with Gasteiger partial charge >= 0.3 is 0 Å². The van der Waals surface area contributed by atoms with Crippen LogP contribution in [0.25, 0.3) is 5.65 Å². The number of hydrogen-bond acceptors (Lipinski definition) is 3. The van der Waals surface area contributed by atoms with Crippen molar-refractivity contribution in [3.63, 3.8) is 0 Å². The minimum absolute atomic E-state index is 0.221. The van der Waals surface area contributed by atoms with Crippen molar-refractivity contribution >= 4 is 23.2 Å². The number of rotatable bonds is 3. The maximum Gasteiger partial charge on any atom is 0.271 e. The van der Waals surface area contributed by atoms with Gasteiger partial charge in [0.1, 0.15) is 16.7 Å². The molecule has 0 bridgehead atoms. The molecule has 0 spiro atoms. The molecular formula is C14H10ClFN4O. The maximum atomic E-state index is 13.0. The molecule has 1 aromatic carbocycles. The normalized spacial score (nSPS) is 10.8. The fourth-order valence-electron chi connectivity index (χ4n) is 1.89. The molecule has 3 aromatic rings. The number of halogens is 2. The van der Waals surface area contributed by atoms with Crippen LogP contribution in [0.1, 0.15) is 16.1 Å². The summed E-state index contributed by atoms with van der Waals surface area (Å²) in [5.74, 6) is -0.700. The molecule has 0 saturated heterocycles. The third-order valence-electron chi connectivity index (χ3n) is 2.86. The summed E-state index contributed by atoms with van der Waals surface area (Å²) in [6.07, 6.45) is 1.49. The first kappa shape index (κ1) is 13.5. The number of hydrogen-bond donors (Lipinski definition) is 1. The summed E-state index contributed by atoms with van der Waals surface area (Å²) in [5, 5.41) is 6.99. The molecule has 0 radical (unpaired) electrons. The van der Waals surface area contributed by atoms with E-state index in [2.05, 4.69) is 15.4 Å². The molecule has 0 saturated carbocycles. The lowest BCUT2D eigenvalue weighted by atomic mass is 10.2. The number of amides is 1. The highest BCUT2D eigenvalue weighted by atomic mass is 35.5. The quantitative estimate of drug-likeness (QED) is 0.808. The van der Waals surface area contributed by atoms with Crippen LogP contribution < -0.4 is 5.32 Å². The Morgan fingerprint density at radius 3 is 3.00 bits per heavy atom. The number of aromatic nitrogens is 3. The number of benzene rings is 1. The molecule has 2 aromatic heterocycles. The zero-order valence-corrected chi connectivity index (χ0v) is 11.5. The topological polar surface area (TPSA) is 59.3 Å². The van der Waals surface area contributed by atoms with Crippen LogP contribution in [0.2, 0.25) is 5.15 Å². The molecule has 0 aliphatic rings. The average Bonchev–Trinajstić information content (AvgIpc) is 2.88. The van der Waals surface area contributed by atoms with Crippen molar-refractivity contribution in [2.45, 2.75) is 6.54 Å². The molecule has 0 aliphatic carbocycles. The molecule has 21 heavy (non-hydrogen) atoms. The van der Waals surface area contributed by atoms with Crippen molar-refractivity contribution in [3.8, 4) is 0 Å². The number of imidazole rings is 1. The molecule has 5 nitrogen and oxygen atoms in total. The van der Waals surface area contributed by atoms with E-state index in [1.54, 1.807) is 24.3 Å². The molecule has 7 heteroatoms. The molecule has 3 rings (SSSR count). The van der Waals surface area contributed by atoms with Crippen molar-refractivity contribution in [3.05, 3.63) is 64.8 Å². The van der Waals surface area contributed by atoms with Gasteiger partial charge in [0.2, 0.25) is 0 Å². The zero-order valence-electron chi connectivity index (χ0n) is 10.8. The summed E-state index contributed by atoms with van der Waals surface area (Å²) < 4.78 is 14.5. The molecule has 0 unspecified atom stereocenters. The minimum Gasteiger partial charge on any atom is -0.347 e. The van der Waals surface area contributed by atoms with Crippen LogP contribution in [0.5, 0.6) is 0 Å². The van der Waals surface area contributed by atoms with Crippen LogP contribution in [-0.2, 0) is 6.54 Å². The summed E-state index contributed by atoms with van der Waals surface area (Å²) in [5.41, 5.74) is 1.42. The number of nitrogens with one attached hydrogen (secondary N) is 1. The van der Waals surface area contributed by atoms with Gasteiger partial charge in [0.25, 0.3) is 5.91 Å². The lowest BCUT2D eigenvalue weighted by Gasteiger charge is -2.03. The third kappa shape index (κ3) is 3.00.